The molecule has 0 bridgehead atoms. The van der Waals surface area contributed by atoms with Crippen LogP contribution in [0.25, 0.3) is 0 Å². The first-order valence-corrected chi connectivity index (χ1v) is 10.2. The Kier molecular flexibility index (Phi) is 8.38. The van der Waals surface area contributed by atoms with Gasteiger partial charge in [-0.1, -0.05) is 50.0 Å². The van der Waals surface area contributed by atoms with E-state index in [1.54, 1.807) is 6.92 Å². The van der Waals surface area contributed by atoms with E-state index in [0.29, 0.717) is 18.3 Å². The van der Waals surface area contributed by atoms with Crippen LogP contribution in [0.5, 0.6) is 0 Å². The molecule has 0 spiro atoms. The molecule has 0 aliphatic heterocycles. The Labute approximate surface area is 156 Å². The van der Waals surface area contributed by atoms with Crippen molar-refractivity contribution < 1.29 is 17.9 Å². The van der Waals surface area contributed by atoms with Gasteiger partial charge in [-0.15, -0.1) is 0 Å². The topological polar surface area (TPSA) is 57.5 Å². The Hall–Kier alpha value is -0.930. The molecule has 2 N–H and O–H groups in total. The zero-order valence-electron chi connectivity index (χ0n) is 16.0. The molecular formula is C22H40O3. The minimum absolute atomic E-state index is 0. The van der Waals surface area contributed by atoms with E-state index in [4.69, 9.17) is 0 Å². The second kappa shape index (κ2) is 10.3. The summed E-state index contributed by atoms with van der Waals surface area (Å²) in [5, 5.41) is 20.5. The minimum Gasteiger partial charge on any atom is -0.392 e. The predicted molar refractivity (Wildman–Crippen MR) is 106 cm³/mol. The molecule has 146 valence electrons. The zero-order valence-corrected chi connectivity index (χ0v) is 16.0. The molecule has 0 aromatic rings. The fourth-order valence-corrected chi connectivity index (χ4v) is 4.55. The molecule has 5 atom stereocenters. The summed E-state index contributed by atoms with van der Waals surface area (Å²) in [7, 11) is 0. The number of carbonyl (C=O) groups is 1. The summed E-state index contributed by atoms with van der Waals surface area (Å²) in [4.78, 5) is 11.0. The van der Waals surface area contributed by atoms with Gasteiger partial charge in [0.1, 0.15) is 5.78 Å². The summed E-state index contributed by atoms with van der Waals surface area (Å²) in [6.45, 7) is 3.82. The van der Waals surface area contributed by atoms with Crippen molar-refractivity contribution in [2.45, 2.75) is 90.3 Å². The number of ketones is 1. The van der Waals surface area contributed by atoms with Crippen LogP contribution in [0.3, 0.4) is 0 Å². The molecule has 2 fully saturated rings. The molecule has 0 aromatic heterocycles. The van der Waals surface area contributed by atoms with Crippen molar-refractivity contribution in [1.29, 1.82) is 0 Å². The lowest BCUT2D eigenvalue weighted by Crippen LogP contribution is -2.17. The molecule has 2 aliphatic rings. The van der Waals surface area contributed by atoms with Gasteiger partial charge in [-0.25, -0.2) is 0 Å². The maximum absolute atomic E-state index is 11.0. The number of hydrogen-bond acceptors (Lipinski definition) is 3. The number of carbonyl (C=O) groups excluding carboxylic acids is 1. The van der Waals surface area contributed by atoms with Crippen molar-refractivity contribution in [2.24, 2.45) is 17.8 Å². The Bertz CT molecular complexity index is 490. The molecule has 2 rings (SSSR count). The second-order valence-electron chi connectivity index (χ2n) is 8.12. The normalized spacial score (nSPS) is 31.8. The first kappa shape index (κ1) is 20.4. The predicted octanol–water partition coefficient (Wildman–Crippen LogP) is 5.07. The third-order valence-electron chi connectivity index (χ3n) is 5.94. The van der Waals surface area contributed by atoms with Crippen molar-refractivity contribution in [3.8, 4) is 0 Å². The number of aliphatic hydroxyl groups is 2. The van der Waals surface area contributed by atoms with Crippen molar-refractivity contribution >= 4 is 5.78 Å². The van der Waals surface area contributed by atoms with Crippen LogP contribution in [-0.4, -0.2) is 28.2 Å². The van der Waals surface area contributed by atoms with Gasteiger partial charge in [0.25, 0.3) is 0 Å². The molecular weight excluding hydrogens is 312 g/mol. The quantitative estimate of drug-likeness (QED) is 0.426. The highest BCUT2D eigenvalue weighted by atomic mass is 16.3. The number of Topliss-reactive ketones (excluding diaryl/α,β-unsaturated/α-hetero) is 1. The van der Waals surface area contributed by atoms with Crippen LogP contribution in [0.4, 0.5) is 0 Å². The standard InChI is InChI=1S/C22H36O3.2H2/c1-3-4-5-10-19(24)11-12-20-21-14-17(9-7-6-8-16(2)23)13-18(21)15-22(20)25;;/h9,11-12,18-22,24-25H,3-8,10,13-15H2,1-2H3;2*1H/b12-11+,17-9+;;/t18-,19-,20+,21-,22+;;/m0../s1. The van der Waals surface area contributed by atoms with E-state index >= 15 is 0 Å². The maximum Gasteiger partial charge on any atom is 0.129 e. The summed E-state index contributed by atoms with van der Waals surface area (Å²) in [6.07, 6.45) is 15.6. The smallest absolute Gasteiger partial charge is 0.129 e. The van der Waals surface area contributed by atoms with E-state index in [1.807, 2.05) is 6.08 Å². The van der Waals surface area contributed by atoms with E-state index in [1.165, 1.54) is 18.4 Å². The molecule has 0 amide bonds. The fourth-order valence-electron chi connectivity index (χ4n) is 4.55. The van der Waals surface area contributed by atoms with E-state index in [9.17, 15) is 15.0 Å². The van der Waals surface area contributed by atoms with Crippen LogP contribution >= 0.6 is 0 Å². The lowest BCUT2D eigenvalue weighted by molar-refractivity contribution is -0.117. The summed E-state index contributed by atoms with van der Waals surface area (Å²) in [6, 6.07) is 0. The molecule has 2 saturated carbocycles. The van der Waals surface area contributed by atoms with Crippen LogP contribution in [0.1, 0.15) is 80.9 Å². The summed E-state index contributed by atoms with van der Waals surface area (Å²) in [5.74, 6) is 1.57. The van der Waals surface area contributed by atoms with Crippen molar-refractivity contribution in [2.75, 3.05) is 0 Å². The molecule has 0 aromatic carbocycles. The summed E-state index contributed by atoms with van der Waals surface area (Å²) in [5.41, 5.74) is 1.51. The average Bonchev–Trinajstić information content (AvgIpc) is 3.06. The van der Waals surface area contributed by atoms with Crippen molar-refractivity contribution in [1.82, 2.24) is 0 Å². The molecule has 0 saturated heterocycles. The number of allylic oxidation sites excluding steroid dienone is 2. The van der Waals surface area contributed by atoms with E-state index in [0.717, 1.165) is 44.9 Å². The van der Waals surface area contributed by atoms with Crippen LogP contribution < -0.4 is 0 Å². The molecule has 2 aliphatic carbocycles. The van der Waals surface area contributed by atoms with Crippen LogP contribution in [0.15, 0.2) is 23.8 Å². The van der Waals surface area contributed by atoms with Crippen LogP contribution in [-0.2, 0) is 4.79 Å². The lowest BCUT2D eigenvalue weighted by atomic mass is 9.90. The van der Waals surface area contributed by atoms with Crippen LogP contribution in [0, 0.1) is 17.8 Å². The van der Waals surface area contributed by atoms with E-state index in [-0.39, 0.29) is 26.8 Å². The number of aliphatic hydroxyl groups excluding tert-OH is 2. The highest BCUT2D eigenvalue weighted by Crippen LogP contribution is 2.50. The van der Waals surface area contributed by atoms with Crippen molar-refractivity contribution in [3.05, 3.63) is 23.8 Å². The van der Waals surface area contributed by atoms with Gasteiger partial charge < -0.3 is 15.0 Å². The van der Waals surface area contributed by atoms with Gasteiger partial charge >= 0.3 is 0 Å². The fraction of sp³-hybridized carbons (Fsp3) is 0.773. The van der Waals surface area contributed by atoms with Gasteiger partial charge in [-0.3, -0.25) is 0 Å². The molecule has 3 nitrogen and oxygen atoms in total. The highest BCUT2D eigenvalue weighted by Gasteiger charge is 2.44. The van der Waals surface area contributed by atoms with Gasteiger partial charge in [0.15, 0.2) is 0 Å². The Morgan fingerprint density at radius 3 is 2.84 bits per heavy atom. The van der Waals surface area contributed by atoms with Gasteiger partial charge in [0, 0.05) is 15.2 Å². The van der Waals surface area contributed by atoms with Crippen molar-refractivity contribution in [3.63, 3.8) is 0 Å². The molecule has 3 heteroatoms. The Morgan fingerprint density at radius 2 is 2.12 bits per heavy atom. The van der Waals surface area contributed by atoms with E-state index in [2.05, 4.69) is 19.1 Å². The maximum atomic E-state index is 11.0. The van der Waals surface area contributed by atoms with E-state index < -0.39 is 0 Å². The second-order valence-corrected chi connectivity index (χ2v) is 8.12. The number of fused-ring (bicyclic) bond motifs is 1. The highest BCUT2D eigenvalue weighted by molar-refractivity contribution is 5.75. The Morgan fingerprint density at radius 1 is 1.32 bits per heavy atom. The summed E-state index contributed by atoms with van der Waals surface area (Å²) < 4.78 is 0. The first-order valence-electron chi connectivity index (χ1n) is 10.2. The third kappa shape index (κ3) is 6.38. The minimum atomic E-state index is -0.374. The monoisotopic (exact) mass is 352 g/mol. The first-order chi connectivity index (χ1) is 12.0. The van der Waals surface area contributed by atoms with Gasteiger partial charge in [0.05, 0.1) is 12.2 Å². The largest absolute Gasteiger partial charge is 0.392 e. The van der Waals surface area contributed by atoms with Gasteiger partial charge in [-0.05, 0) is 57.3 Å². The van der Waals surface area contributed by atoms with Crippen LogP contribution in [0.2, 0.25) is 0 Å². The molecule has 25 heavy (non-hydrogen) atoms. The zero-order chi connectivity index (χ0) is 18.2. The average molecular weight is 353 g/mol. The lowest BCUT2D eigenvalue weighted by Gasteiger charge is -2.17. The molecule has 0 heterocycles. The van der Waals surface area contributed by atoms with Gasteiger partial charge in [0.2, 0.25) is 0 Å². The molecule has 0 radical (unpaired) electrons. The van der Waals surface area contributed by atoms with Gasteiger partial charge in [-0.2, -0.15) is 0 Å². The number of unbranched alkanes of at least 4 members (excludes halogenated alkanes) is 3. The SMILES string of the molecule is CCCCC[C@H](O)/C=C/[C@@H]1[C@H]2C/C(=C/CCCC(C)=O)C[C@H]2C[C@H]1O.[HH].[HH]. The number of hydrogen-bond donors (Lipinski definition) is 2. The number of rotatable bonds is 10. The third-order valence-corrected chi connectivity index (χ3v) is 5.94. The Balaban J connectivity index is 0.00000338. The summed E-state index contributed by atoms with van der Waals surface area (Å²) >= 11 is 0. The molecule has 0 unspecified atom stereocenters.